The fourth-order valence-corrected chi connectivity index (χ4v) is 4.57. The first-order valence-electron chi connectivity index (χ1n) is 7.23. The van der Waals surface area contributed by atoms with E-state index in [4.69, 9.17) is 4.43 Å². The zero-order valence-corrected chi connectivity index (χ0v) is 13.8. The molecule has 0 spiro atoms. The van der Waals surface area contributed by atoms with Crippen molar-refractivity contribution < 1.29 is 4.43 Å². The minimum Gasteiger partial charge on any atom is -0.406 e. The smallest absolute Gasteiger partial charge is 0.193 e. The third-order valence-electron chi connectivity index (χ3n) is 4.59. The first-order valence-corrected chi connectivity index (χ1v) is 10.1. The zero-order valence-electron chi connectivity index (χ0n) is 12.8. The van der Waals surface area contributed by atoms with Gasteiger partial charge in [0.1, 0.15) is 0 Å². The average molecular weight is 273 g/mol. The molecule has 0 aliphatic heterocycles. The van der Waals surface area contributed by atoms with E-state index in [-0.39, 0.29) is 6.10 Å². The van der Waals surface area contributed by atoms with Crippen LogP contribution in [0.25, 0.3) is 6.08 Å². The molecule has 0 heterocycles. The van der Waals surface area contributed by atoms with Crippen LogP contribution in [0.4, 0.5) is 0 Å². The van der Waals surface area contributed by atoms with Crippen LogP contribution in [0.1, 0.15) is 50.8 Å². The fourth-order valence-electron chi connectivity index (χ4n) is 2.61. The van der Waals surface area contributed by atoms with Gasteiger partial charge in [0.05, 0.1) is 6.10 Å². The Morgan fingerprint density at radius 2 is 1.95 bits per heavy atom. The average Bonchev–Trinajstić information content (AvgIpc) is 2.72. The quantitative estimate of drug-likeness (QED) is 0.656. The summed E-state index contributed by atoms with van der Waals surface area (Å²) in [5, 5.41) is 0.293. The van der Waals surface area contributed by atoms with Gasteiger partial charge in [-0.15, -0.1) is 0 Å². The standard InChI is InChI=1S/C17H25OSi/c1-6-13-17(2,3)19(4,5)18-16-12-11-14-9-7-8-10-15(14)16/h7-11,16H,6,13H2,1-5H3. The molecule has 0 aromatic heterocycles. The summed E-state index contributed by atoms with van der Waals surface area (Å²) in [4.78, 5) is 0. The first-order chi connectivity index (χ1) is 8.87. The van der Waals surface area contributed by atoms with Crippen LogP contribution in [0.3, 0.4) is 0 Å². The Labute approximate surface area is 118 Å². The molecule has 2 heteroatoms. The summed E-state index contributed by atoms with van der Waals surface area (Å²) in [5.41, 5.74) is 2.53. The monoisotopic (exact) mass is 273 g/mol. The molecule has 0 bridgehead atoms. The number of benzene rings is 1. The van der Waals surface area contributed by atoms with Crippen LogP contribution in [0.5, 0.6) is 0 Å². The topological polar surface area (TPSA) is 9.23 Å². The summed E-state index contributed by atoms with van der Waals surface area (Å²) >= 11 is 0. The highest BCUT2D eigenvalue weighted by atomic mass is 28.4. The zero-order chi connectivity index (χ0) is 14.1. The number of hydrogen-bond acceptors (Lipinski definition) is 1. The Morgan fingerprint density at radius 3 is 2.63 bits per heavy atom. The van der Waals surface area contributed by atoms with E-state index < -0.39 is 8.32 Å². The second kappa shape index (κ2) is 5.26. The summed E-state index contributed by atoms with van der Waals surface area (Å²) in [6.07, 6.45) is 7.93. The summed E-state index contributed by atoms with van der Waals surface area (Å²) in [7, 11) is -1.77. The van der Waals surface area contributed by atoms with Crippen LogP contribution in [0, 0.1) is 6.08 Å². The van der Waals surface area contributed by atoms with Crippen LogP contribution in [0.15, 0.2) is 24.3 Å². The third kappa shape index (κ3) is 2.85. The first kappa shape index (κ1) is 14.5. The van der Waals surface area contributed by atoms with Crippen LogP contribution >= 0.6 is 0 Å². The van der Waals surface area contributed by atoms with Crippen LogP contribution < -0.4 is 0 Å². The van der Waals surface area contributed by atoms with Gasteiger partial charge in [0.25, 0.3) is 0 Å². The Kier molecular flexibility index (Phi) is 4.02. The molecule has 19 heavy (non-hydrogen) atoms. The molecule has 1 radical (unpaired) electrons. The van der Waals surface area contributed by atoms with E-state index in [1.165, 1.54) is 24.0 Å². The second-order valence-corrected chi connectivity index (χ2v) is 11.2. The van der Waals surface area contributed by atoms with Crippen molar-refractivity contribution in [2.24, 2.45) is 0 Å². The normalized spacial score (nSPS) is 18.7. The van der Waals surface area contributed by atoms with E-state index >= 15 is 0 Å². The molecule has 1 aliphatic carbocycles. The highest BCUT2D eigenvalue weighted by molar-refractivity contribution is 6.74. The Balaban J connectivity index is 2.16. The van der Waals surface area contributed by atoms with Gasteiger partial charge >= 0.3 is 0 Å². The van der Waals surface area contributed by atoms with Crippen molar-refractivity contribution in [2.45, 2.75) is 57.8 Å². The van der Waals surface area contributed by atoms with E-state index in [0.717, 1.165) is 0 Å². The van der Waals surface area contributed by atoms with Crippen molar-refractivity contribution in [3.63, 3.8) is 0 Å². The predicted octanol–water partition coefficient (Wildman–Crippen LogP) is 5.36. The Hall–Kier alpha value is -0.863. The van der Waals surface area contributed by atoms with Gasteiger partial charge in [-0.2, -0.15) is 0 Å². The Morgan fingerprint density at radius 1 is 1.26 bits per heavy atom. The lowest BCUT2D eigenvalue weighted by Crippen LogP contribution is -2.43. The van der Waals surface area contributed by atoms with Gasteiger partial charge in [-0.3, -0.25) is 0 Å². The van der Waals surface area contributed by atoms with E-state index in [9.17, 15) is 0 Å². The number of hydrogen-bond donors (Lipinski definition) is 0. The largest absolute Gasteiger partial charge is 0.406 e. The van der Waals surface area contributed by atoms with Gasteiger partial charge in [0.15, 0.2) is 8.32 Å². The molecule has 0 amide bonds. The third-order valence-corrected chi connectivity index (χ3v) is 8.92. The molecular formula is C17H25OSi. The maximum atomic E-state index is 6.54. The lowest BCUT2D eigenvalue weighted by atomic mass is 10.1. The minimum absolute atomic E-state index is 0.0361. The molecule has 0 saturated carbocycles. The predicted molar refractivity (Wildman–Crippen MR) is 84.4 cm³/mol. The molecule has 2 rings (SSSR count). The number of fused-ring (bicyclic) bond motifs is 1. The lowest BCUT2D eigenvalue weighted by molar-refractivity contribution is 0.221. The highest BCUT2D eigenvalue weighted by Gasteiger charge is 2.42. The maximum Gasteiger partial charge on any atom is 0.193 e. The van der Waals surface area contributed by atoms with Gasteiger partial charge in [-0.1, -0.05) is 51.5 Å². The SMILES string of the molecule is CCCC(C)(C)[Si](C)(C)OC1[C]=Cc2ccccc21. The van der Waals surface area contributed by atoms with E-state index in [1.807, 2.05) is 0 Å². The van der Waals surface area contributed by atoms with E-state index in [0.29, 0.717) is 5.04 Å². The van der Waals surface area contributed by atoms with Gasteiger partial charge < -0.3 is 4.43 Å². The van der Waals surface area contributed by atoms with Crippen molar-refractivity contribution in [1.29, 1.82) is 0 Å². The molecule has 0 fully saturated rings. The van der Waals surface area contributed by atoms with Crippen molar-refractivity contribution in [2.75, 3.05) is 0 Å². The molecule has 1 aromatic carbocycles. The minimum atomic E-state index is -1.77. The van der Waals surface area contributed by atoms with Gasteiger partial charge in [-0.25, -0.2) is 0 Å². The van der Waals surface area contributed by atoms with Crippen molar-refractivity contribution in [1.82, 2.24) is 0 Å². The van der Waals surface area contributed by atoms with Gasteiger partial charge in [-0.05, 0) is 47.8 Å². The fraction of sp³-hybridized carbons (Fsp3) is 0.529. The maximum absolute atomic E-state index is 6.54. The molecule has 103 valence electrons. The van der Waals surface area contributed by atoms with E-state index in [2.05, 4.69) is 70.3 Å². The van der Waals surface area contributed by atoms with Crippen LogP contribution in [-0.4, -0.2) is 8.32 Å². The number of rotatable bonds is 5. The van der Waals surface area contributed by atoms with Crippen LogP contribution in [0.2, 0.25) is 18.1 Å². The molecule has 1 nitrogen and oxygen atoms in total. The molecule has 0 N–H and O–H groups in total. The summed E-state index contributed by atoms with van der Waals surface area (Å²) in [5.74, 6) is 0. The Bertz CT molecular complexity index is 474. The van der Waals surface area contributed by atoms with Crippen molar-refractivity contribution >= 4 is 14.4 Å². The van der Waals surface area contributed by atoms with Crippen molar-refractivity contribution in [3.05, 3.63) is 41.5 Å². The molecule has 1 atom stereocenters. The van der Waals surface area contributed by atoms with Gasteiger partial charge in [0, 0.05) is 0 Å². The van der Waals surface area contributed by atoms with Crippen LogP contribution in [-0.2, 0) is 4.43 Å². The summed E-state index contributed by atoms with van der Waals surface area (Å²) < 4.78 is 6.54. The second-order valence-electron chi connectivity index (χ2n) is 6.58. The molecule has 0 saturated heterocycles. The molecular weight excluding hydrogens is 248 g/mol. The molecule has 1 aliphatic rings. The summed E-state index contributed by atoms with van der Waals surface area (Å²) in [6, 6.07) is 8.45. The van der Waals surface area contributed by atoms with E-state index in [1.54, 1.807) is 0 Å². The van der Waals surface area contributed by atoms with Crippen molar-refractivity contribution in [3.8, 4) is 0 Å². The van der Waals surface area contributed by atoms with Gasteiger partial charge in [0.2, 0.25) is 0 Å². The lowest BCUT2D eigenvalue weighted by Gasteiger charge is -2.41. The molecule has 1 aromatic rings. The summed E-state index contributed by atoms with van der Waals surface area (Å²) in [6.45, 7) is 11.6. The highest BCUT2D eigenvalue weighted by Crippen LogP contribution is 2.45. The molecule has 1 unspecified atom stereocenters.